The molecule has 2 saturated carbocycles. The molecule has 0 saturated heterocycles. The highest BCUT2D eigenvalue weighted by Gasteiger charge is 2.34. The lowest BCUT2D eigenvalue weighted by Gasteiger charge is -2.40. The van der Waals surface area contributed by atoms with Gasteiger partial charge in [0.25, 0.3) is 0 Å². The summed E-state index contributed by atoms with van der Waals surface area (Å²) in [6, 6.07) is 14.8. The van der Waals surface area contributed by atoms with Crippen LogP contribution in [-0.4, -0.2) is 18.6 Å². The molecule has 2 aliphatic rings. The van der Waals surface area contributed by atoms with E-state index in [1.807, 2.05) is 0 Å². The predicted octanol–water partition coefficient (Wildman–Crippen LogP) is 11.8. The fourth-order valence-corrected chi connectivity index (χ4v) is 10.5. The summed E-state index contributed by atoms with van der Waals surface area (Å²) >= 11 is 0. The van der Waals surface area contributed by atoms with Gasteiger partial charge in [0, 0.05) is 0 Å². The fourth-order valence-electron chi connectivity index (χ4n) is 6.59. The van der Waals surface area contributed by atoms with Crippen molar-refractivity contribution >= 4 is 20.5 Å². The Morgan fingerprint density at radius 2 is 1.05 bits per heavy atom. The van der Waals surface area contributed by atoms with E-state index in [-0.39, 0.29) is 7.92 Å². The van der Waals surface area contributed by atoms with Gasteiger partial charge in [0.05, 0.1) is 0 Å². The third kappa shape index (κ3) is 9.07. The van der Waals surface area contributed by atoms with Crippen LogP contribution in [0.2, 0.25) is 0 Å². The maximum atomic E-state index is 9.75. The standard InChI is InChI=1S/C33H49P.BF4/c1-23(2)26-21-30(24(3)4)33(31(22-26)25(5)6)29-19-13-14-20-32(29)34(27-15-9-7-10-16-27)28-17-11-8-12-18-28;2-1(3,4)5/h13-14,19-25,27-28H,7-12,15-18H2,1-6H3;/q;-1. The molecule has 0 N–H and O–H groups in total. The summed E-state index contributed by atoms with van der Waals surface area (Å²) in [5, 5.41) is 1.75. The van der Waals surface area contributed by atoms with Crippen LogP contribution in [0.15, 0.2) is 36.4 Å². The van der Waals surface area contributed by atoms with Crippen LogP contribution in [0.3, 0.4) is 0 Å². The molecule has 0 aromatic heterocycles. The largest absolute Gasteiger partial charge is 0.673 e. The van der Waals surface area contributed by atoms with Gasteiger partial charge in [-0.2, -0.15) is 0 Å². The molecule has 0 atom stereocenters. The average molecular weight is 564 g/mol. The molecule has 0 spiro atoms. The number of hydrogen-bond acceptors (Lipinski definition) is 0. The first-order valence-corrected chi connectivity index (χ1v) is 16.8. The molecule has 4 rings (SSSR count). The minimum atomic E-state index is -6.00. The maximum absolute atomic E-state index is 9.75. The van der Waals surface area contributed by atoms with Gasteiger partial charge in [0.2, 0.25) is 0 Å². The molecule has 0 heterocycles. The maximum Gasteiger partial charge on any atom is 0.673 e. The molecule has 2 aromatic carbocycles. The van der Waals surface area contributed by atoms with E-state index >= 15 is 0 Å². The van der Waals surface area contributed by atoms with Gasteiger partial charge in [-0.25, -0.2) is 0 Å². The molecular weight excluding hydrogens is 514 g/mol. The van der Waals surface area contributed by atoms with Crippen molar-refractivity contribution in [2.45, 2.75) is 135 Å². The quantitative estimate of drug-likeness (QED) is 0.179. The Hall–Kier alpha value is -1.35. The predicted molar refractivity (Wildman–Crippen MR) is 165 cm³/mol. The highest BCUT2D eigenvalue weighted by atomic mass is 31.1. The van der Waals surface area contributed by atoms with Crippen molar-refractivity contribution < 1.29 is 17.3 Å². The highest BCUT2D eigenvalue weighted by molar-refractivity contribution is 7.67. The van der Waals surface area contributed by atoms with E-state index < -0.39 is 7.25 Å². The van der Waals surface area contributed by atoms with Gasteiger partial charge in [-0.05, 0) is 87.9 Å². The SMILES string of the molecule is CC(C)c1cc(C(C)C)c(-c2ccccc2P(C2CCCCC2)C2CCCCC2)c(C(C)C)c1.F[B-](F)(F)F. The first-order valence-electron chi connectivity index (χ1n) is 15.3. The number of halogens is 4. The zero-order valence-electron chi connectivity index (χ0n) is 25.0. The van der Waals surface area contributed by atoms with Crippen molar-refractivity contribution in [3.05, 3.63) is 53.1 Å². The lowest BCUT2D eigenvalue weighted by Crippen LogP contribution is -2.27. The molecule has 2 fully saturated rings. The molecule has 218 valence electrons. The highest BCUT2D eigenvalue weighted by Crippen LogP contribution is 2.56. The molecule has 0 bridgehead atoms. The second kappa shape index (κ2) is 14.5. The van der Waals surface area contributed by atoms with Crippen LogP contribution in [0.4, 0.5) is 17.3 Å². The minimum Gasteiger partial charge on any atom is -0.418 e. The summed E-state index contributed by atoms with van der Waals surface area (Å²) in [4.78, 5) is 0. The summed E-state index contributed by atoms with van der Waals surface area (Å²) in [7, 11) is -6.12. The zero-order valence-corrected chi connectivity index (χ0v) is 25.9. The molecule has 0 aliphatic heterocycles. The van der Waals surface area contributed by atoms with Crippen molar-refractivity contribution in [2.75, 3.05) is 0 Å². The van der Waals surface area contributed by atoms with Gasteiger partial charge in [0.15, 0.2) is 0 Å². The first kappa shape index (κ1) is 32.2. The average Bonchev–Trinajstić information content (AvgIpc) is 2.88. The first-order chi connectivity index (χ1) is 18.4. The van der Waals surface area contributed by atoms with Crippen molar-refractivity contribution in [2.24, 2.45) is 0 Å². The molecule has 2 aromatic rings. The topological polar surface area (TPSA) is 0 Å². The van der Waals surface area contributed by atoms with Crippen LogP contribution in [0.5, 0.6) is 0 Å². The molecular formula is C33H49BF4P-. The van der Waals surface area contributed by atoms with Crippen molar-refractivity contribution in [3.63, 3.8) is 0 Å². The van der Waals surface area contributed by atoms with E-state index in [0.717, 1.165) is 11.3 Å². The Balaban J connectivity index is 0.000000771. The zero-order chi connectivity index (χ0) is 28.7. The summed E-state index contributed by atoms with van der Waals surface area (Å²) in [5.74, 6) is 1.64. The van der Waals surface area contributed by atoms with Crippen LogP contribution < -0.4 is 5.30 Å². The lowest BCUT2D eigenvalue weighted by molar-refractivity contribution is 0.368. The summed E-state index contributed by atoms with van der Waals surface area (Å²) in [6.07, 6.45) is 14.6. The van der Waals surface area contributed by atoms with Gasteiger partial charge >= 0.3 is 7.25 Å². The number of benzene rings is 2. The monoisotopic (exact) mass is 563 g/mol. The van der Waals surface area contributed by atoms with Crippen molar-refractivity contribution in [3.8, 4) is 11.1 Å². The Morgan fingerprint density at radius 3 is 1.44 bits per heavy atom. The molecule has 0 radical (unpaired) electrons. The van der Waals surface area contributed by atoms with Gasteiger partial charge in [0.1, 0.15) is 0 Å². The lowest BCUT2D eigenvalue weighted by atomic mass is 9.82. The van der Waals surface area contributed by atoms with Crippen LogP contribution >= 0.6 is 7.92 Å². The van der Waals surface area contributed by atoms with Crippen molar-refractivity contribution in [1.82, 2.24) is 0 Å². The Morgan fingerprint density at radius 1 is 0.641 bits per heavy atom. The molecule has 0 amide bonds. The van der Waals surface area contributed by atoms with Gasteiger partial charge < -0.3 is 17.3 Å². The van der Waals surface area contributed by atoms with Crippen LogP contribution in [-0.2, 0) is 0 Å². The van der Waals surface area contributed by atoms with Crippen LogP contribution in [0, 0.1) is 0 Å². The normalized spacial score (nSPS) is 17.7. The van der Waals surface area contributed by atoms with E-state index in [0.29, 0.717) is 17.8 Å². The minimum absolute atomic E-state index is 0.120. The van der Waals surface area contributed by atoms with Gasteiger partial charge in [-0.15, -0.1) is 0 Å². The Labute approximate surface area is 236 Å². The smallest absolute Gasteiger partial charge is 0.418 e. The third-order valence-corrected chi connectivity index (χ3v) is 12.1. The van der Waals surface area contributed by atoms with Gasteiger partial charge in [-0.3, -0.25) is 0 Å². The third-order valence-electron chi connectivity index (χ3n) is 8.52. The molecule has 0 unspecified atom stereocenters. The number of rotatable bonds is 7. The molecule has 0 nitrogen and oxygen atoms in total. The van der Waals surface area contributed by atoms with Crippen molar-refractivity contribution in [1.29, 1.82) is 0 Å². The van der Waals surface area contributed by atoms with Crippen LogP contribution in [0.25, 0.3) is 11.1 Å². The van der Waals surface area contributed by atoms with E-state index in [1.54, 1.807) is 27.6 Å². The Bertz CT molecular complexity index is 981. The van der Waals surface area contributed by atoms with E-state index in [9.17, 15) is 17.3 Å². The number of hydrogen-bond donors (Lipinski definition) is 0. The fraction of sp³-hybridized carbons (Fsp3) is 0.636. The molecule has 2 aliphatic carbocycles. The second-order valence-electron chi connectivity index (χ2n) is 12.5. The van der Waals surface area contributed by atoms with E-state index in [1.165, 1.54) is 69.8 Å². The molecule has 39 heavy (non-hydrogen) atoms. The Kier molecular flexibility index (Phi) is 12.0. The van der Waals surface area contributed by atoms with Crippen LogP contribution in [0.1, 0.15) is 140 Å². The summed E-state index contributed by atoms with van der Waals surface area (Å²) in [6.45, 7) is 14.3. The van der Waals surface area contributed by atoms with Gasteiger partial charge in [-0.1, -0.05) is 124 Å². The summed E-state index contributed by atoms with van der Waals surface area (Å²) < 4.78 is 39.0. The van der Waals surface area contributed by atoms with E-state index in [4.69, 9.17) is 0 Å². The van der Waals surface area contributed by atoms with E-state index in [2.05, 4.69) is 77.9 Å². The summed E-state index contributed by atoms with van der Waals surface area (Å²) in [5.41, 5.74) is 9.71. The second-order valence-corrected chi connectivity index (χ2v) is 15.3. The molecule has 6 heteroatoms.